The third-order valence-corrected chi connectivity index (χ3v) is 5.68. The Morgan fingerprint density at radius 1 is 1.14 bits per heavy atom. The van der Waals surface area contributed by atoms with Crippen LogP contribution in [0.25, 0.3) is 11.0 Å². The summed E-state index contributed by atoms with van der Waals surface area (Å²) < 4.78 is 27.3. The third-order valence-electron chi connectivity index (χ3n) is 5.68. The second kappa shape index (κ2) is 9.23. The standard InChI is InChI=1S/C25H20FN5O4/c1-13-17(11-27)24(32)22(14(2)31(13)3)25(33)30-15-5-6-20(18(26)9-15)35-21-7-8-28-19-10-16(34-4)12-29-23(19)21/h5-10,12H,1-4H3,(H,30,33). The van der Waals surface area contributed by atoms with E-state index in [1.807, 2.05) is 6.07 Å². The predicted octanol–water partition coefficient (Wildman–Crippen LogP) is 4.01. The Hall–Kier alpha value is -4.78. The third kappa shape index (κ3) is 4.27. The van der Waals surface area contributed by atoms with Crippen LogP contribution < -0.4 is 20.2 Å². The Balaban J connectivity index is 1.61. The average molecular weight is 473 g/mol. The van der Waals surface area contributed by atoms with Crippen molar-refractivity contribution in [1.82, 2.24) is 14.5 Å². The maximum Gasteiger partial charge on any atom is 0.261 e. The maximum atomic E-state index is 14.9. The van der Waals surface area contributed by atoms with Crippen molar-refractivity contribution in [3.8, 4) is 23.3 Å². The molecule has 1 amide bonds. The van der Waals surface area contributed by atoms with E-state index >= 15 is 0 Å². The highest BCUT2D eigenvalue weighted by molar-refractivity contribution is 6.05. The quantitative estimate of drug-likeness (QED) is 0.465. The van der Waals surface area contributed by atoms with Crippen molar-refractivity contribution < 1.29 is 18.7 Å². The minimum Gasteiger partial charge on any atom is -0.495 e. The molecule has 0 saturated heterocycles. The van der Waals surface area contributed by atoms with Crippen molar-refractivity contribution in [2.24, 2.45) is 7.05 Å². The van der Waals surface area contributed by atoms with E-state index in [-0.39, 0.29) is 28.3 Å². The summed E-state index contributed by atoms with van der Waals surface area (Å²) >= 11 is 0. The second-order valence-corrected chi connectivity index (χ2v) is 7.67. The van der Waals surface area contributed by atoms with Gasteiger partial charge in [0.05, 0.1) is 18.8 Å². The summed E-state index contributed by atoms with van der Waals surface area (Å²) in [6.07, 6.45) is 3.01. The van der Waals surface area contributed by atoms with Crippen LogP contribution in [0.5, 0.6) is 17.2 Å². The number of halogens is 1. The zero-order valence-electron chi connectivity index (χ0n) is 19.3. The summed E-state index contributed by atoms with van der Waals surface area (Å²) in [7, 11) is 3.17. The number of ether oxygens (including phenoxy) is 2. The van der Waals surface area contributed by atoms with Crippen LogP contribution in [0, 0.1) is 31.0 Å². The fourth-order valence-corrected chi connectivity index (χ4v) is 3.59. The number of methoxy groups -OCH3 is 1. The number of rotatable bonds is 5. The molecule has 1 aromatic carbocycles. The molecule has 0 aliphatic carbocycles. The summed E-state index contributed by atoms with van der Waals surface area (Å²) in [4.78, 5) is 34.0. The molecule has 9 nitrogen and oxygen atoms in total. The molecule has 4 rings (SSSR count). The largest absolute Gasteiger partial charge is 0.495 e. The van der Waals surface area contributed by atoms with Crippen molar-refractivity contribution in [2.75, 3.05) is 12.4 Å². The van der Waals surface area contributed by atoms with Gasteiger partial charge in [-0.3, -0.25) is 14.6 Å². The van der Waals surface area contributed by atoms with Gasteiger partial charge in [-0.05, 0) is 26.0 Å². The SMILES string of the molecule is COc1cnc2c(Oc3ccc(NC(=O)c4c(C)n(C)c(C)c(C#N)c4=O)cc3F)ccnc2c1. The van der Waals surface area contributed by atoms with Gasteiger partial charge in [-0.25, -0.2) is 9.37 Å². The van der Waals surface area contributed by atoms with Gasteiger partial charge in [0.15, 0.2) is 17.3 Å². The molecule has 0 aliphatic rings. The molecule has 0 fully saturated rings. The van der Waals surface area contributed by atoms with Crippen LogP contribution in [-0.4, -0.2) is 27.6 Å². The first kappa shape index (κ1) is 23.4. The zero-order valence-corrected chi connectivity index (χ0v) is 19.3. The number of fused-ring (bicyclic) bond motifs is 1. The number of nitrogens with one attached hydrogen (secondary N) is 1. The topological polar surface area (TPSA) is 119 Å². The van der Waals surface area contributed by atoms with Gasteiger partial charge < -0.3 is 19.4 Å². The number of nitrogens with zero attached hydrogens (tertiary/aromatic N) is 4. The summed E-state index contributed by atoms with van der Waals surface area (Å²) in [5.74, 6) is -0.772. The second-order valence-electron chi connectivity index (χ2n) is 7.67. The van der Waals surface area contributed by atoms with Crippen molar-refractivity contribution in [1.29, 1.82) is 5.26 Å². The molecule has 0 saturated carbocycles. The van der Waals surface area contributed by atoms with Crippen LogP contribution in [0.1, 0.15) is 27.3 Å². The van der Waals surface area contributed by atoms with Gasteiger partial charge in [-0.2, -0.15) is 5.26 Å². The first-order valence-corrected chi connectivity index (χ1v) is 10.4. The summed E-state index contributed by atoms with van der Waals surface area (Å²) in [5.41, 5.74) is 0.917. The highest BCUT2D eigenvalue weighted by Gasteiger charge is 2.21. The highest BCUT2D eigenvalue weighted by atomic mass is 19.1. The lowest BCUT2D eigenvalue weighted by atomic mass is 10.1. The Kier molecular flexibility index (Phi) is 6.16. The molecule has 176 valence electrons. The number of carbonyl (C=O) groups is 1. The molecule has 35 heavy (non-hydrogen) atoms. The van der Waals surface area contributed by atoms with Crippen molar-refractivity contribution in [3.05, 3.63) is 81.3 Å². The van der Waals surface area contributed by atoms with Gasteiger partial charge in [0, 0.05) is 48.5 Å². The van der Waals surface area contributed by atoms with E-state index < -0.39 is 17.2 Å². The van der Waals surface area contributed by atoms with E-state index in [0.717, 1.165) is 6.07 Å². The maximum absolute atomic E-state index is 14.9. The highest BCUT2D eigenvalue weighted by Crippen LogP contribution is 2.31. The Morgan fingerprint density at radius 3 is 2.60 bits per heavy atom. The van der Waals surface area contributed by atoms with Crippen molar-refractivity contribution in [2.45, 2.75) is 13.8 Å². The molecule has 3 heterocycles. The van der Waals surface area contributed by atoms with E-state index in [1.54, 1.807) is 37.6 Å². The number of hydrogen-bond acceptors (Lipinski definition) is 7. The monoisotopic (exact) mass is 473 g/mol. The first-order valence-electron chi connectivity index (χ1n) is 10.4. The summed E-state index contributed by atoms with van der Waals surface area (Å²) in [6, 6.07) is 8.94. The van der Waals surface area contributed by atoms with Gasteiger partial charge in [0.2, 0.25) is 5.43 Å². The van der Waals surface area contributed by atoms with Gasteiger partial charge in [0.1, 0.15) is 28.5 Å². The smallest absolute Gasteiger partial charge is 0.261 e. The molecule has 0 radical (unpaired) electrons. The van der Waals surface area contributed by atoms with Crippen LogP contribution in [-0.2, 0) is 7.05 Å². The van der Waals surface area contributed by atoms with Gasteiger partial charge in [-0.1, -0.05) is 0 Å². The zero-order chi connectivity index (χ0) is 25.3. The first-order chi connectivity index (χ1) is 16.7. The van der Waals surface area contributed by atoms with E-state index in [9.17, 15) is 19.2 Å². The van der Waals surface area contributed by atoms with Crippen LogP contribution >= 0.6 is 0 Å². The lowest BCUT2D eigenvalue weighted by Gasteiger charge is -2.15. The molecular weight excluding hydrogens is 453 g/mol. The predicted molar refractivity (Wildman–Crippen MR) is 126 cm³/mol. The van der Waals surface area contributed by atoms with Crippen LogP contribution in [0.2, 0.25) is 0 Å². The van der Waals surface area contributed by atoms with E-state index in [1.165, 1.54) is 31.6 Å². The van der Waals surface area contributed by atoms with Gasteiger partial charge >= 0.3 is 0 Å². The molecular formula is C25H20FN5O4. The van der Waals surface area contributed by atoms with Crippen molar-refractivity contribution in [3.63, 3.8) is 0 Å². The molecule has 0 bridgehead atoms. The Morgan fingerprint density at radius 2 is 1.91 bits per heavy atom. The van der Waals surface area contributed by atoms with Crippen molar-refractivity contribution >= 4 is 22.6 Å². The number of aromatic nitrogens is 3. The lowest BCUT2D eigenvalue weighted by molar-refractivity contribution is 0.102. The minimum absolute atomic E-state index is 0.0951. The summed E-state index contributed by atoms with van der Waals surface area (Å²) in [5, 5.41) is 11.8. The molecule has 4 aromatic rings. The number of pyridine rings is 3. The van der Waals surface area contributed by atoms with Gasteiger partial charge in [-0.15, -0.1) is 0 Å². The van der Waals surface area contributed by atoms with E-state index in [4.69, 9.17) is 9.47 Å². The Labute approximate surface area is 199 Å². The number of anilines is 1. The van der Waals surface area contributed by atoms with Crippen LogP contribution in [0.15, 0.2) is 47.5 Å². The molecule has 10 heteroatoms. The fourth-order valence-electron chi connectivity index (χ4n) is 3.59. The number of nitriles is 1. The van der Waals surface area contributed by atoms with Crippen LogP contribution in [0.4, 0.5) is 10.1 Å². The number of amides is 1. The molecule has 0 aliphatic heterocycles. The average Bonchev–Trinajstić information content (AvgIpc) is 2.84. The molecule has 0 atom stereocenters. The number of benzene rings is 1. The molecule has 0 spiro atoms. The molecule has 1 N–H and O–H groups in total. The summed E-state index contributed by atoms with van der Waals surface area (Å²) in [6.45, 7) is 3.23. The van der Waals surface area contributed by atoms with E-state index in [2.05, 4.69) is 15.3 Å². The van der Waals surface area contributed by atoms with E-state index in [0.29, 0.717) is 28.2 Å². The lowest BCUT2D eigenvalue weighted by Crippen LogP contribution is -2.29. The fraction of sp³-hybridized carbons (Fsp3) is 0.160. The number of hydrogen-bond donors (Lipinski definition) is 1. The minimum atomic E-state index is -0.744. The normalized spacial score (nSPS) is 10.6. The Bertz CT molecular complexity index is 1590. The molecule has 3 aromatic heterocycles. The number of carbonyl (C=O) groups excluding carboxylic acids is 1. The van der Waals surface area contributed by atoms with Crippen LogP contribution in [0.3, 0.4) is 0 Å². The molecule has 0 unspecified atom stereocenters. The van der Waals surface area contributed by atoms with Gasteiger partial charge in [0.25, 0.3) is 5.91 Å².